The predicted molar refractivity (Wildman–Crippen MR) is 79.3 cm³/mol. The van der Waals surface area contributed by atoms with Crippen molar-refractivity contribution in [2.45, 2.75) is 17.9 Å². The van der Waals surface area contributed by atoms with Crippen LogP contribution in [0, 0.1) is 0 Å². The molecule has 1 aromatic rings. The van der Waals surface area contributed by atoms with E-state index in [1.54, 1.807) is 0 Å². The molecule has 1 atom stereocenters. The summed E-state index contributed by atoms with van der Waals surface area (Å²) in [5.74, 6) is -1.19. The van der Waals surface area contributed by atoms with Gasteiger partial charge in [-0.1, -0.05) is 11.6 Å². The van der Waals surface area contributed by atoms with Crippen molar-refractivity contribution in [2.75, 3.05) is 26.7 Å². The van der Waals surface area contributed by atoms with Gasteiger partial charge in [-0.2, -0.15) is 4.31 Å². The second-order valence-corrected chi connectivity index (χ2v) is 7.46. The van der Waals surface area contributed by atoms with E-state index in [2.05, 4.69) is 4.90 Å². The molecule has 1 aliphatic heterocycles. The van der Waals surface area contributed by atoms with Gasteiger partial charge in [-0.25, -0.2) is 13.2 Å². The number of rotatable bonds is 3. The lowest BCUT2D eigenvalue weighted by Crippen LogP contribution is -2.51. The van der Waals surface area contributed by atoms with E-state index in [0.717, 1.165) is 6.07 Å². The zero-order valence-electron chi connectivity index (χ0n) is 11.8. The Labute approximate surface area is 129 Å². The molecule has 1 unspecified atom stereocenters. The fourth-order valence-electron chi connectivity index (χ4n) is 2.21. The van der Waals surface area contributed by atoms with Gasteiger partial charge in [0.25, 0.3) is 0 Å². The Morgan fingerprint density at radius 1 is 1.38 bits per heavy atom. The Bertz CT molecular complexity index is 662. The largest absolute Gasteiger partial charge is 0.478 e. The molecule has 0 radical (unpaired) electrons. The number of carboxylic acid groups (broad SMARTS) is 1. The monoisotopic (exact) mass is 332 g/mol. The number of aromatic carboxylic acids is 1. The summed E-state index contributed by atoms with van der Waals surface area (Å²) in [5.41, 5.74) is -0.0971. The van der Waals surface area contributed by atoms with Crippen LogP contribution in [-0.4, -0.2) is 61.4 Å². The predicted octanol–water partition coefficient (Wildman–Crippen LogP) is 1.36. The molecular weight excluding hydrogens is 316 g/mol. The summed E-state index contributed by atoms with van der Waals surface area (Å²) in [7, 11) is -1.86. The number of halogens is 1. The van der Waals surface area contributed by atoms with E-state index in [-0.39, 0.29) is 21.5 Å². The number of piperazine rings is 1. The molecule has 21 heavy (non-hydrogen) atoms. The molecule has 116 valence electrons. The Hall–Kier alpha value is -1.15. The normalized spacial score (nSPS) is 21.4. The van der Waals surface area contributed by atoms with Crippen molar-refractivity contribution in [1.29, 1.82) is 0 Å². The maximum absolute atomic E-state index is 12.7. The van der Waals surface area contributed by atoms with Crippen LogP contribution in [0.3, 0.4) is 0 Å². The highest BCUT2D eigenvalue weighted by atomic mass is 35.5. The zero-order chi connectivity index (χ0) is 15.8. The zero-order valence-corrected chi connectivity index (χ0v) is 13.4. The molecule has 0 aliphatic carbocycles. The topological polar surface area (TPSA) is 77.9 Å². The quantitative estimate of drug-likeness (QED) is 0.904. The van der Waals surface area contributed by atoms with Gasteiger partial charge in [0.2, 0.25) is 10.0 Å². The lowest BCUT2D eigenvalue weighted by molar-refractivity contribution is 0.0696. The van der Waals surface area contributed by atoms with Crippen molar-refractivity contribution in [1.82, 2.24) is 9.21 Å². The van der Waals surface area contributed by atoms with Crippen molar-refractivity contribution >= 4 is 27.6 Å². The first-order chi connectivity index (χ1) is 9.73. The van der Waals surface area contributed by atoms with Gasteiger partial charge in [-0.15, -0.1) is 0 Å². The van der Waals surface area contributed by atoms with Crippen molar-refractivity contribution < 1.29 is 18.3 Å². The number of nitrogens with zero attached hydrogens (tertiary/aromatic N) is 2. The molecule has 1 heterocycles. The average Bonchev–Trinajstić information content (AvgIpc) is 2.41. The molecule has 0 aromatic heterocycles. The van der Waals surface area contributed by atoms with Crippen molar-refractivity contribution in [2.24, 2.45) is 0 Å². The molecule has 6 nitrogen and oxygen atoms in total. The SMILES string of the molecule is CC1CN(S(=O)(=O)c2cc(C(=O)O)ccc2Cl)CCN1C. The summed E-state index contributed by atoms with van der Waals surface area (Å²) in [5, 5.41) is 9.03. The van der Waals surface area contributed by atoms with E-state index in [4.69, 9.17) is 16.7 Å². The van der Waals surface area contributed by atoms with Crippen molar-refractivity contribution in [3.8, 4) is 0 Å². The maximum Gasteiger partial charge on any atom is 0.335 e. The van der Waals surface area contributed by atoms with Crippen LogP contribution in [0.25, 0.3) is 0 Å². The van der Waals surface area contributed by atoms with Gasteiger partial charge in [0.1, 0.15) is 4.90 Å². The molecule has 8 heteroatoms. The van der Waals surface area contributed by atoms with Gasteiger partial charge in [-0.3, -0.25) is 0 Å². The molecule has 0 saturated carbocycles. The molecule has 1 saturated heterocycles. The first-order valence-corrected chi connectivity index (χ1v) is 8.28. The molecule has 1 N–H and O–H groups in total. The van der Waals surface area contributed by atoms with Crippen LogP contribution in [0.5, 0.6) is 0 Å². The van der Waals surface area contributed by atoms with Gasteiger partial charge >= 0.3 is 5.97 Å². The number of hydrogen-bond donors (Lipinski definition) is 1. The summed E-state index contributed by atoms with van der Waals surface area (Å²) in [6.45, 7) is 3.27. The highest BCUT2D eigenvalue weighted by Gasteiger charge is 2.32. The van der Waals surface area contributed by atoms with Gasteiger partial charge < -0.3 is 10.0 Å². The minimum Gasteiger partial charge on any atom is -0.478 e. The first kappa shape index (κ1) is 16.2. The fraction of sp³-hybridized carbons (Fsp3) is 0.462. The molecule has 1 aliphatic rings. The average molecular weight is 333 g/mol. The summed E-state index contributed by atoms with van der Waals surface area (Å²) < 4.78 is 26.7. The molecule has 0 amide bonds. The minimum absolute atomic E-state index is 0.0339. The Balaban J connectivity index is 2.40. The van der Waals surface area contributed by atoms with Crippen LogP contribution < -0.4 is 0 Å². The van der Waals surface area contributed by atoms with Gasteiger partial charge in [0, 0.05) is 25.7 Å². The van der Waals surface area contributed by atoms with Gasteiger partial charge in [0.05, 0.1) is 10.6 Å². The third-order valence-electron chi connectivity index (χ3n) is 3.72. The van der Waals surface area contributed by atoms with E-state index < -0.39 is 16.0 Å². The van der Waals surface area contributed by atoms with Gasteiger partial charge in [0.15, 0.2) is 0 Å². The van der Waals surface area contributed by atoms with Crippen molar-refractivity contribution in [3.05, 3.63) is 28.8 Å². The molecule has 0 bridgehead atoms. The van der Waals surface area contributed by atoms with Crippen LogP contribution in [0.15, 0.2) is 23.1 Å². The fourth-order valence-corrected chi connectivity index (χ4v) is 4.22. The van der Waals surface area contributed by atoms with E-state index in [1.165, 1.54) is 16.4 Å². The van der Waals surface area contributed by atoms with Crippen LogP contribution in [0.1, 0.15) is 17.3 Å². The standard InChI is InChI=1S/C13H17ClN2O4S/c1-9-8-16(6-5-15(9)2)21(19,20)12-7-10(13(17)18)3-4-11(12)14/h3-4,7,9H,5-6,8H2,1-2H3,(H,17,18). The second-order valence-electron chi connectivity index (χ2n) is 5.14. The Kier molecular flexibility index (Phi) is 4.57. The van der Waals surface area contributed by atoms with Crippen molar-refractivity contribution in [3.63, 3.8) is 0 Å². The highest BCUT2D eigenvalue weighted by Crippen LogP contribution is 2.27. The van der Waals surface area contributed by atoms with Crippen LogP contribution in [0.2, 0.25) is 5.02 Å². The number of sulfonamides is 1. The Morgan fingerprint density at radius 3 is 2.62 bits per heavy atom. The summed E-state index contributed by atoms with van der Waals surface area (Å²) in [4.78, 5) is 12.9. The first-order valence-electron chi connectivity index (χ1n) is 6.46. The van der Waals surface area contributed by atoms with Crippen LogP contribution in [-0.2, 0) is 10.0 Å². The third-order valence-corrected chi connectivity index (χ3v) is 6.07. The summed E-state index contributed by atoms with van der Waals surface area (Å²) in [6.07, 6.45) is 0. The number of hydrogen-bond acceptors (Lipinski definition) is 4. The lowest BCUT2D eigenvalue weighted by Gasteiger charge is -2.36. The molecule has 1 aromatic carbocycles. The van der Waals surface area contributed by atoms with E-state index >= 15 is 0 Å². The molecule has 2 rings (SSSR count). The summed E-state index contributed by atoms with van der Waals surface area (Å²) in [6, 6.07) is 3.80. The van der Waals surface area contributed by atoms with Gasteiger partial charge in [-0.05, 0) is 32.2 Å². The number of carboxylic acids is 1. The molecular formula is C13H17ClN2O4S. The van der Waals surface area contributed by atoms with Crippen LogP contribution >= 0.6 is 11.6 Å². The maximum atomic E-state index is 12.7. The third kappa shape index (κ3) is 3.21. The van der Waals surface area contributed by atoms with E-state index in [1.807, 2.05) is 14.0 Å². The smallest absolute Gasteiger partial charge is 0.335 e. The number of likely N-dealkylation sites (N-methyl/N-ethyl adjacent to an activating group) is 1. The minimum atomic E-state index is -3.79. The Morgan fingerprint density at radius 2 is 2.05 bits per heavy atom. The second kappa shape index (κ2) is 5.92. The number of carbonyl (C=O) groups is 1. The summed E-state index contributed by atoms with van der Waals surface area (Å²) >= 11 is 5.96. The number of benzene rings is 1. The van der Waals surface area contributed by atoms with Crippen LogP contribution in [0.4, 0.5) is 0 Å². The lowest BCUT2D eigenvalue weighted by atomic mass is 10.2. The molecule has 1 fully saturated rings. The van der Waals surface area contributed by atoms with E-state index in [9.17, 15) is 13.2 Å². The van der Waals surface area contributed by atoms with E-state index in [0.29, 0.717) is 19.6 Å². The molecule has 0 spiro atoms. The highest BCUT2D eigenvalue weighted by molar-refractivity contribution is 7.89.